The lowest BCUT2D eigenvalue weighted by molar-refractivity contribution is -0.121. The molecule has 0 atom stereocenters. The molecule has 0 saturated heterocycles. The number of hydrogen-bond donors (Lipinski definition) is 2. The van der Waals surface area contributed by atoms with Gasteiger partial charge in [-0.3, -0.25) is 14.6 Å². The largest absolute Gasteiger partial charge is 0.351 e. The highest BCUT2D eigenvalue weighted by atomic mass is 16.2. The molecule has 6 heteroatoms. The van der Waals surface area contributed by atoms with Gasteiger partial charge in [-0.05, 0) is 39.8 Å². The maximum absolute atomic E-state index is 11.7. The number of carbonyl (C=O) groups excluding carboxylic acids is 2. The standard InChI is InChI=1S/C14H20N4O2/c1-10(9-12(19)16-14(2,3)4)17-18-13(20)11-7-5-6-8-15-11/h5-8H,9H2,1-4H3,(H,16,19)(H,18,20)/b17-10-. The number of hydrogen-bond acceptors (Lipinski definition) is 4. The molecule has 0 saturated carbocycles. The molecule has 0 unspecified atom stereocenters. The van der Waals surface area contributed by atoms with Gasteiger partial charge in [0.2, 0.25) is 5.91 Å². The number of aromatic nitrogens is 1. The summed E-state index contributed by atoms with van der Waals surface area (Å²) in [5, 5.41) is 6.71. The van der Waals surface area contributed by atoms with E-state index < -0.39 is 5.91 Å². The van der Waals surface area contributed by atoms with Gasteiger partial charge < -0.3 is 5.32 Å². The Morgan fingerprint density at radius 2 is 2.00 bits per heavy atom. The van der Waals surface area contributed by atoms with Gasteiger partial charge in [0, 0.05) is 17.4 Å². The lowest BCUT2D eigenvalue weighted by Gasteiger charge is -2.20. The van der Waals surface area contributed by atoms with Gasteiger partial charge in [0.05, 0.1) is 6.42 Å². The van der Waals surface area contributed by atoms with Crippen molar-refractivity contribution in [2.75, 3.05) is 0 Å². The summed E-state index contributed by atoms with van der Waals surface area (Å²) in [6.07, 6.45) is 1.67. The lowest BCUT2D eigenvalue weighted by atomic mass is 10.1. The van der Waals surface area contributed by atoms with E-state index in [-0.39, 0.29) is 23.6 Å². The smallest absolute Gasteiger partial charge is 0.289 e. The van der Waals surface area contributed by atoms with Crippen LogP contribution in [0.5, 0.6) is 0 Å². The zero-order valence-corrected chi connectivity index (χ0v) is 12.2. The van der Waals surface area contributed by atoms with Crippen LogP contribution in [-0.4, -0.2) is 28.0 Å². The summed E-state index contributed by atoms with van der Waals surface area (Å²) in [5.74, 6) is -0.535. The molecule has 0 bridgehead atoms. The number of hydrazone groups is 1. The number of nitrogens with one attached hydrogen (secondary N) is 2. The van der Waals surface area contributed by atoms with Crippen LogP contribution in [0.25, 0.3) is 0 Å². The summed E-state index contributed by atoms with van der Waals surface area (Å²) < 4.78 is 0. The Hall–Kier alpha value is -2.24. The van der Waals surface area contributed by atoms with E-state index in [0.29, 0.717) is 5.71 Å². The van der Waals surface area contributed by atoms with Crippen molar-refractivity contribution >= 4 is 17.5 Å². The normalized spacial score (nSPS) is 11.9. The SMILES string of the molecule is C/C(CC(=O)NC(C)(C)C)=N/NC(=O)c1ccccn1. The van der Waals surface area contributed by atoms with Crippen LogP contribution < -0.4 is 10.7 Å². The van der Waals surface area contributed by atoms with Crippen molar-refractivity contribution in [3.8, 4) is 0 Å². The average molecular weight is 276 g/mol. The quantitative estimate of drug-likeness (QED) is 0.645. The fraction of sp³-hybridized carbons (Fsp3) is 0.429. The molecule has 0 aromatic carbocycles. The van der Waals surface area contributed by atoms with Gasteiger partial charge in [-0.2, -0.15) is 5.10 Å². The molecule has 1 rings (SSSR count). The highest BCUT2D eigenvalue weighted by Crippen LogP contribution is 2.00. The Balaban J connectivity index is 2.50. The van der Waals surface area contributed by atoms with Crippen LogP contribution in [0.3, 0.4) is 0 Å². The van der Waals surface area contributed by atoms with Crippen molar-refractivity contribution in [1.82, 2.24) is 15.7 Å². The molecule has 6 nitrogen and oxygen atoms in total. The lowest BCUT2D eigenvalue weighted by Crippen LogP contribution is -2.41. The van der Waals surface area contributed by atoms with E-state index >= 15 is 0 Å². The van der Waals surface area contributed by atoms with Gasteiger partial charge in [-0.1, -0.05) is 6.07 Å². The zero-order chi connectivity index (χ0) is 15.2. The molecule has 0 aliphatic carbocycles. The Morgan fingerprint density at radius 3 is 2.55 bits per heavy atom. The first-order chi connectivity index (χ1) is 9.28. The van der Waals surface area contributed by atoms with Crippen molar-refractivity contribution in [2.24, 2.45) is 5.10 Å². The topological polar surface area (TPSA) is 83.5 Å². The van der Waals surface area contributed by atoms with E-state index in [1.54, 1.807) is 25.1 Å². The third-order valence-corrected chi connectivity index (χ3v) is 2.18. The van der Waals surface area contributed by atoms with E-state index in [2.05, 4.69) is 20.8 Å². The van der Waals surface area contributed by atoms with Crippen molar-refractivity contribution in [3.05, 3.63) is 30.1 Å². The van der Waals surface area contributed by atoms with E-state index in [4.69, 9.17) is 0 Å². The number of rotatable bonds is 4. The van der Waals surface area contributed by atoms with Gasteiger partial charge in [-0.25, -0.2) is 5.43 Å². The highest BCUT2D eigenvalue weighted by Gasteiger charge is 2.14. The molecule has 0 fully saturated rings. The highest BCUT2D eigenvalue weighted by molar-refractivity contribution is 6.01. The molecule has 1 aromatic rings. The summed E-state index contributed by atoms with van der Waals surface area (Å²) in [7, 11) is 0. The fourth-order valence-corrected chi connectivity index (χ4v) is 1.43. The van der Waals surface area contributed by atoms with E-state index in [9.17, 15) is 9.59 Å². The molecule has 0 aliphatic heterocycles. The molecule has 0 spiro atoms. The van der Waals surface area contributed by atoms with Crippen molar-refractivity contribution in [1.29, 1.82) is 0 Å². The van der Waals surface area contributed by atoms with Crippen molar-refractivity contribution in [2.45, 2.75) is 39.7 Å². The second kappa shape index (κ2) is 6.79. The Labute approximate surface area is 118 Å². The first-order valence-corrected chi connectivity index (χ1v) is 6.33. The number of amides is 2. The van der Waals surface area contributed by atoms with Gasteiger partial charge >= 0.3 is 0 Å². The molecule has 0 radical (unpaired) electrons. The minimum atomic E-state index is -0.402. The van der Waals surface area contributed by atoms with E-state index in [0.717, 1.165) is 0 Å². The molecule has 108 valence electrons. The van der Waals surface area contributed by atoms with Crippen molar-refractivity contribution < 1.29 is 9.59 Å². The summed E-state index contributed by atoms with van der Waals surface area (Å²) in [6.45, 7) is 7.39. The van der Waals surface area contributed by atoms with Gasteiger partial charge in [0.15, 0.2) is 0 Å². The van der Waals surface area contributed by atoms with Gasteiger partial charge in [0.1, 0.15) is 5.69 Å². The molecular formula is C14H20N4O2. The second-order valence-electron chi connectivity index (χ2n) is 5.48. The third-order valence-electron chi connectivity index (χ3n) is 2.18. The number of carbonyl (C=O) groups is 2. The summed E-state index contributed by atoms with van der Waals surface area (Å²) in [6, 6.07) is 5.03. The predicted octanol–water partition coefficient (Wildman–Crippen LogP) is 1.49. The van der Waals surface area contributed by atoms with Gasteiger partial charge in [-0.15, -0.1) is 0 Å². The van der Waals surface area contributed by atoms with Crippen LogP contribution in [-0.2, 0) is 4.79 Å². The van der Waals surface area contributed by atoms with E-state index in [1.165, 1.54) is 6.20 Å². The van der Waals surface area contributed by atoms with Crippen LogP contribution >= 0.6 is 0 Å². The summed E-state index contributed by atoms with van der Waals surface area (Å²) in [4.78, 5) is 27.3. The van der Waals surface area contributed by atoms with Crippen LogP contribution in [0.2, 0.25) is 0 Å². The molecule has 20 heavy (non-hydrogen) atoms. The maximum atomic E-state index is 11.7. The molecule has 1 aromatic heterocycles. The van der Waals surface area contributed by atoms with Crippen LogP contribution in [0.1, 0.15) is 44.6 Å². The molecule has 2 N–H and O–H groups in total. The minimum absolute atomic E-state index is 0.133. The molecule has 0 aliphatic rings. The minimum Gasteiger partial charge on any atom is -0.351 e. The Kier molecular flexibility index (Phi) is 5.37. The first kappa shape index (κ1) is 15.8. The third kappa shape index (κ3) is 6.08. The van der Waals surface area contributed by atoms with Crippen LogP contribution in [0.4, 0.5) is 0 Å². The first-order valence-electron chi connectivity index (χ1n) is 6.33. The van der Waals surface area contributed by atoms with Crippen molar-refractivity contribution in [3.63, 3.8) is 0 Å². The molecule has 1 heterocycles. The fourth-order valence-electron chi connectivity index (χ4n) is 1.43. The van der Waals surface area contributed by atoms with E-state index in [1.807, 2.05) is 20.8 Å². The van der Waals surface area contributed by atoms with Crippen LogP contribution in [0.15, 0.2) is 29.5 Å². The second-order valence-corrected chi connectivity index (χ2v) is 5.48. The van der Waals surface area contributed by atoms with Crippen LogP contribution in [0, 0.1) is 0 Å². The van der Waals surface area contributed by atoms with Gasteiger partial charge in [0.25, 0.3) is 5.91 Å². The monoisotopic (exact) mass is 276 g/mol. The summed E-state index contributed by atoms with van der Waals surface area (Å²) >= 11 is 0. The maximum Gasteiger partial charge on any atom is 0.289 e. The predicted molar refractivity (Wildman–Crippen MR) is 77.3 cm³/mol. The molecular weight excluding hydrogens is 256 g/mol. The average Bonchev–Trinajstić information content (AvgIpc) is 2.34. The Morgan fingerprint density at radius 1 is 1.30 bits per heavy atom. The zero-order valence-electron chi connectivity index (χ0n) is 12.2. The summed E-state index contributed by atoms with van der Waals surface area (Å²) in [5.41, 5.74) is 2.90. The number of nitrogens with zero attached hydrogens (tertiary/aromatic N) is 2. The number of pyridine rings is 1. The molecule has 2 amide bonds. The Bertz CT molecular complexity index is 504.